The predicted molar refractivity (Wildman–Crippen MR) is 82.3 cm³/mol. The van der Waals surface area contributed by atoms with Crippen LogP contribution in [0.2, 0.25) is 0 Å². The average Bonchev–Trinajstić information content (AvgIpc) is 2.45. The van der Waals surface area contributed by atoms with Gasteiger partial charge in [-0.2, -0.15) is 0 Å². The lowest BCUT2D eigenvalue weighted by molar-refractivity contribution is 0.305. The van der Waals surface area contributed by atoms with E-state index in [-0.39, 0.29) is 0 Å². The summed E-state index contributed by atoms with van der Waals surface area (Å²) in [6.07, 6.45) is 2.01. The fourth-order valence-corrected chi connectivity index (χ4v) is 2.27. The Morgan fingerprint density at radius 1 is 1.05 bits per heavy atom. The Labute approximate surface area is 122 Å². The van der Waals surface area contributed by atoms with Gasteiger partial charge < -0.3 is 10.5 Å². The first-order valence-corrected chi connectivity index (χ1v) is 7.24. The zero-order valence-corrected chi connectivity index (χ0v) is 12.4. The van der Waals surface area contributed by atoms with Crippen molar-refractivity contribution in [2.45, 2.75) is 19.4 Å². The third-order valence-electron chi connectivity index (χ3n) is 2.92. The molecule has 100 valence electrons. The van der Waals surface area contributed by atoms with E-state index in [4.69, 9.17) is 10.5 Å². The summed E-state index contributed by atoms with van der Waals surface area (Å²) in [5, 5.41) is 0. The molecule has 0 amide bonds. The first kappa shape index (κ1) is 14.1. The lowest BCUT2D eigenvalue weighted by Crippen LogP contribution is -2.01. The van der Waals surface area contributed by atoms with Crippen LogP contribution in [0.4, 0.5) is 0 Å². The maximum Gasteiger partial charge on any atom is 0.120 e. The van der Waals surface area contributed by atoms with Crippen LogP contribution >= 0.6 is 15.9 Å². The third-order valence-corrected chi connectivity index (χ3v) is 3.69. The summed E-state index contributed by atoms with van der Waals surface area (Å²) in [5.41, 5.74) is 7.95. The Hall–Kier alpha value is -1.32. The second-order valence-corrected chi connectivity index (χ2v) is 5.27. The quantitative estimate of drug-likeness (QED) is 0.875. The molecule has 0 aliphatic carbocycles. The maximum absolute atomic E-state index is 5.83. The number of benzene rings is 2. The number of aryl methyl sites for hydroxylation is 1. The lowest BCUT2D eigenvalue weighted by atomic mass is 10.1. The molecule has 2 nitrogen and oxygen atoms in total. The summed E-state index contributed by atoms with van der Waals surface area (Å²) in [4.78, 5) is 0. The van der Waals surface area contributed by atoms with Gasteiger partial charge in [-0.25, -0.2) is 0 Å². The molecule has 0 aromatic heterocycles. The van der Waals surface area contributed by atoms with Crippen molar-refractivity contribution in [1.82, 2.24) is 0 Å². The van der Waals surface area contributed by atoms with Crippen LogP contribution in [0.1, 0.15) is 17.5 Å². The van der Waals surface area contributed by atoms with E-state index in [0.717, 1.165) is 35.2 Å². The monoisotopic (exact) mass is 319 g/mol. The largest absolute Gasteiger partial charge is 0.489 e. The van der Waals surface area contributed by atoms with Crippen molar-refractivity contribution in [3.63, 3.8) is 0 Å². The zero-order valence-electron chi connectivity index (χ0n) is 10.8. The molecule has 2 aromatic carbocycles. The second-order valence-electron chi connectivity index (χ2n) is 4.42. The number of nitrogens with two attached hydrogens (primary N) is 1. The molecule has 0 atom stereocenters. The normalized spacial score (nSPS) is 10.4. The van der Waals surface area contributed by atoms with Gasteiger partial charge >= 0.3 is 0 Å². The number of hydrogen-bond donors (Lipinski definition) is 1. The molecule has 0 unspecified atom stereocenters. The highest BCUT2D eigenvalue weighted by Crippen LogP contribution is 2.20. The van der Waals surface area contributed by atoms with Gasteiger partial charge in [0.25, 0.3) is 0 Å². The first-order valence-electron chi connectivity index (χ1n) is 6.45. The van der Waals surface area contributed by atoms with Crippen LogP contribution in [0.3, 0.4) is 0 Å². The van der Waals surface area contributed by atoms with Crippen LogP contribution in [-0.2, 0) is 13.0 Å². The van der Waals surface area contributed by atoms with E-state index in [2.05, 4.69) is 34.1 Å². The Kier molecular flexibility index (Phi) is 5.43. The summed E-state index contributed by atoms with van der Waals surface area (Å²) in [6.45, 7) is 1.30. The lowest BCUT2D eigenvalue weighted by Gasteiger charge is -2.09. The summed E-state index contributed by atoms with van der Waals surface area (Å²) >= 11 is 3.52. The number of hydrogen-bond acceptors (Lipinski definition) is 2. The molecule has 0 fully saturated rings. The van der Waals surface area contributed by atoms with Crippen LogP contribution in [0.5, 0.6) is 5.75 Å². The van der Waals surface area contributed by atoms with Gasteiger partial charge in [-0.05, 0) is 43.1 Å². The van der Waals surface area contributed by atoms with E-state index in [1.807, 2.05) is 30.3 Å². The molecular weight excluding hydrogens is 302 g/mol. The molecule has 2 N–H and O–H groups in total. The smallest absolute Gasteiger partial charge is 0.120 e. The highest BCUT2D eigenvalue weighted by molar-refractivity contribution is 9.10. The highest BCUT2D eigenvalue weighted by atomic mass is 79.9. The van der Waals surface area contributed by atoms with Crippen LogP contribution in [0.25, 0.3) is 0 Å². The Bertz CT molecular complexity index is 528. The zero-order chi connectivity index (χ0) is 13.5. The van der Waals surface area contributed by atoms with Crippen molar-refractivity contribution in [3.05, 3.63) is 64.1 Å². The van der Waals surface area contributed by atoms with Crippen LogP contribution in [0, 0.1) is 0 Å². The van der Waals surface area contributed by atoms with Crippen LogP contribution in [-0.4, -0.2) is 6.54 Å². The maximum atomic E-state index is 5.83. The number of halogens is 1. The Morgan fingerprint density at radius 2 is 1.89 bits per heavy atom. The standard InChI is InChI=1S/C16H18BrNO/c17-16-9-2-1-7-14(16)12-19-15-8-3-5-13(11-15)6-4-10-18/h1-3,5,7-9,11H,4,6,10,12,18H2. The SMILES string of the molecule is NCCCc1cccc(OCc2ccccc2Br)c1. The van der Waals surface area contributed by atoms with Gasteiger partial charge in [0.15, 0.2) is 0 Å². The van der Waals surface area contributed by atoms with Gasteiger partial charge in [-0.3, -0.25) is 0 Å². The minimum Gasteiger partial charge on any atom is -0.489 e. The molecule has 0 saturated heterocycles. The molecular formula is C16H18BrNO. The van der Waals surface area contributed by atoms with Gasteiger partial charge in [-0.15, -0.1) is 0 Å². The molecule has 2 rings (SSSR count). The number of rotatable bonds is 6. The average molecular weight is 320 g/mol. The van der Waals surface area contributed by atoms with Crippen molar-refractivity contribution < 1.29 is 4.74 Å². The summed E-state index contributed by atoms with van der Waals surface area (Å²) in [7, 11) is 0. The van der Waals surface area contributed by atoms with Crippen molar-refractivity contribution >= 4 is 15.9 Å². The predicted octanol–water partition coefficient (Wildman–Crippen LogP) is 3.92. The highest BCUT2D eigenvalue weighted by Gasteiger charge is 2.01. The summed E-state index contributed by atoms with van der Waals surface area (Å²) < 4.78 is 6.91. The van der Waals surface area contributed by atoms with E-state index in [1.165, 1.54) is 5.56 Å². The minimum absolute atomic E-state index is 0.571. The van der Waals surface area contributed by atoms with E-state index >= 15 is 0 Å². The molecule has 0 heterocycles. The molecule has 0 radical (unpaired) electrons. The molecule has 19 heavy (non-hydrogen) atoms. The van der Waals surface area contributed by atoms with E-state index in [9.17, 15) is 0 Å². The van der Waals surface area contributed by atoms with Gasteiger partial charge in [0, 0.05) is 10.0 Å². The van der Waals surface area contributed by atoms with Crippen molar-refractivity contribution in [3.8, 4) is 5.75 Å². The minimum atomic E-state index is 0.571. The number of ether oxygens (including phenoxy) is 1. The fourth-order valence-electron chi connectivity index (χ4n) is 1.87. The van der Waals surface area contributed by atoms with Gasteiger partial charge in [0.05, 0.1) is 0 Å². The van der Waals surface area contributed by atoms with Gasteiger partial charge in [0.2, 0.25) is 0 Å². The fraction of sp³-hybridized carbons (Fsp3) is 0.250. The molecule has 0 bridgehead atoms. The van der Waals surface area contributed by atoms with E-state index < -0.39 is 0 Å². The summed E-state index contributed by atoms with van der Waals surface area (Å²) in [6, 6.07) is 16.3. The van der Waals surface area contributed by atoms with Crippen LogP contribution in [0.15, 0.2) is 53.0 Å². The molecule has 0 aliphatic rings. The van der Waals surface area contributed by atoms with E-state index in [0.29, 0.717) is 6.61 Å². The molecule has 2 aromatic rings. The Morgan fingerprint density at radius 3 is 2.68 bits per heavy atom. The van der Waals surface area contributed by atoms with E-state index in [1.54, 1.807) is 0 Å². The van der Waals surface area contributed by atoms with Gasteiger partial charge in [-0.1, -0.05) is 46.3 Å². The first-order chi connectivity index (χ1) is 9.29. The van der Waals surface area contributed by atoms with Crippen LogP contribution < -0.4 is 10.5 Å². The molecule has 0 aliphatic heterocycles. The molecule has 0 spiro atoms. The van der Waals surface area contributed by atoms with Crippen molar-refractivity contribution in [2.24, 2.45) is 5.73 Å². The second kappa shape index (κ2) is 7.31. The third kappa shape index (κ3) is 4.37. The topological polar surface area (TPSA) is 35.2 Å². The van der Waals surface area contributed by atoms with Crippen molar-refractivity contribution in [2.75, 3.05) is 6.54 Å². The Balaban J connectivity index is 1.98. The summed E-state index contributed by atoms with van der Waals surface area (Å²) in [5.74, 6) is 0.908. The van der Waals surface area contributed by atoms with Gasteiger partial charge in [0.1, 0.15) is 12.4 Å². The molecule has 3 heteroatoms. The molecule has 0 saturated carbocycles. The van der Waals surface area contributed by atoms with Crippen molar-refractivity contribution in [1.29, 1.82) is 0 Å².